The molecule has 17 heavy (non-hydrogen) atoms. The zero-order chi connectivity index (χ0) is 12.1. The minimum absolute atomic E-state index is 0.296. The van der Waals surface area contributed by atoms with E-state index in [1.165, 1.54) is 16.9 Å². The second-order valence-electron chi connectivity index (χ2n) is 3.48. The Kier molecular flexibility index (Phi) is 3.40. The van der Waals surface area contributed by atoms with Gasteiger partial charge in [0.2, 0.25) is 5.82 Å². The summed E-state index contributed by atoms with van der Waals surface area (Å²) in [6.45, 7) is 0.557. The van der Waals surface area contributed by atoms with Crippen molar-refractivity contribution in [3.8, 4) is 17.5 Å². The third kappa shape index (κ3) is 2.84. The average Bonchev–Trinajstić information content (AvgIpc) is 2.79. The molecule has 6 heteroatoms. The second-order valence-corrected chi connectivity index (χ2v) is 3.48. The van der Waals surface area contributed by atoms with E-state index in [9.17, 15) is 4.39 Å². The quantitative estimate of drug-likeness (QED) is 0.752. The molecule has 0 atom stereocenters. The molecular formula is C11H10FN5. The largest absolute Gasteiger partial charge is 0.207 e. The zero-order valence-corrected chi connectivity index (χ0v) is 9.04. The Morgan fingerprint density at radius 3 is 2.76 bits per heavy atom. The summed E-state index contributed by atoms with van der Waals surface area (Å²) in [5.74, 6) is 0.164. The van der Waals surface area contributed by atoms with Crippen LogP contribution in [0.4, 0.5) is 4.39 Å². The van der Waals surface area contributed by atoms with Crippen LogP contribution >= 0.6 is 0 Å². The summed E-state index contributed by atoms with van der Waals surface area (Å²) in [6, 6.07) is 7.96. The van der Waals surface area contributed by atoms with Gasteiger partial charge in [-0.05, 0) is 35.9 Å². The Labute approximate surface area is 97.5 Å². The predicted molar refractivity (Wildman–Crippen MR) is 58.1 cm³/mol. The van der Waals surface area contributed by atoms with Crippen LogP contribution in [0.1, 0.15) is 12.8 Å². The molecule has 0 unspecified atom stereocenters. The standard InChI is InChI=1S/C11H10FN5/c12-10-5-3-9(4-6-10)11-14-16-17(15-11)8-2-1-7-13/h3-6H,1-2,8H2. The van der Waals surface area contributed by atoms with Crippen LogP contribution in [0, 0.1) is 17.1 Å². The highest BCUT2D eigenvalue weighted by Crippen LogP contribution is 2.13. The van der Waals surface area contributed by atoms with Crippen LogP contribution in [0.25, 0.3) is 11.4 Å². The smallest absolute Gasteiger partial charge is 0.204 e. The van der Waals surface area contributed by atoms with Gasteiger partial charge < -0.3 is 0 Å². The third-order valence-corrected chi connectivity index (χ3v) is 2.20. The van der Waals surface area contributed by atoms with Gasteiger partial charge in [-0.1, -0.05) is 0 Å². The number of benzene rings is 1. The second kappa shape index (κ2) is 5.16. The van der Waals surface area contributed by atoms with Crippen molar-refractivity contribution in [2.45, 2.75) is 19.4 Å². The van der Waals surface area contributed by atoms with Crippen LogP contribution in [0.3, 0.4) is 0 Å². The summed E-state index contributed by atoms with van der Waals surface area (Å²) < 4.78 is 12.7. The molecule has 0 saturated heterocycles. The molecule has 0 radical (unpaired) electrons. The number of hydrogen-bond donors (Lipinski definition) is 0. The Morgan fingerprint density at radius 2 is 2.06 bits per heavy atom. The summed E-state index contributed by atoms with van der Waals surface area (Å²) in [6.07, 6.45) is 1.16. The minimum Gasteiger partial charge on any atom is -0.207 e. The first-order valence-electron chi connectivity index (χ1n) is 5.20. The summed E-state index contributed by atoms with van der Waals surface area (Å²) in [7, 11) is 0. The van der Waals surface area contributed by atoms with Crippen molar-refractivity contribution in [1.82, 2.24) is 20.2 Å². The first-order valence-corrected chi connectivity index (χ1v) is 5.20. The Balaban J connectivity index is 2.08. The molecular weight excluding hydrogens is 221 g/mol. The number of aryl methyl sites for hydroxylation is 1. The molecule has 0 N–H and O–H groups in total. The molecule has 0 fully saturated rings. The van der Waals surface area contributed by atoms with Crippen LogP contribution < -0.4 is 0 Å². The van der Waals surface area contributed by atoms with Crippen molar-refractivity contribution in [3.05, 3.63) is 30.1 Å². The summed E-state index contributed by atoms with van der Waals surface area (Å²) in [5.41, 5.74) is 0.720. The van der Waals surface area contributed by atoms with Crippen molar-refractivity contribution in [1.29, 1.82) is 5.26 Å². The van der Waals surface area contributed by atoms with Gasteiger partial charge in [-0.3, -0.25) is 0 Å². The number of aromatic nitrogens is 4. The highest BCUT2D eigenvalue weighted by atomic mass is 19.1. The Hall–Kier alpha value is -2.29. The van der Waals surface area contributed by atoms with Crippen LogP contribution in [0.2, 0.25) is 0 Å². The summed E-state index contributed by atoms with van der Waals surface area (Å²) in [5, 5.41) is 20.3. The zero-order valence-electron chi connectivity index (χ0n) is 9.04. The Bertz CT molecular complexity index is 526. The molecule has 1 aromatic heterocycles. The SMILES string of the molecule is N#CCCCn1nnc(-c2ccc(F)cc2)n1. The molecule has 86 valence electrons. The van der Waals surface area contributed by atoms with Crippen LogP contribution in [-0.2, 0) is 6.54 Å². The van der Waals surface area contributed by atoms with Gasteiger partial charge in [-0.2, -0.15) is 10.1 Å². The van der Waals surface area contributed by atoms with Crippen LogP contribution in [0.15, 0.2) is 24.3 Å². The summed E-state index contributed by atoms with van der Waals surface area (Å²) >= 11 is 0. The topological polar surface area (TPSA) is 67.4 Å². The van der Waals surface area contributed by atoms with Gasteiger partial charge in [0.05, 0.1) is 12.6 Å². The van der Waals surface area contributed by atoms with E-state index in [1.807, 2.05) is 0 Å². The molecule has 0 amide bonds. The number of rotatable bonds is 4. The van der Waals surface area contributed by atoms with E-state index in [-0.39, 0.29) is 5.82 Å². The lowest BCUT2D eigenvalue weighted by Gasteiger charge is -1.94. The van der Waals surface area contributed by atoms with Gasteiger partial charge in [0.25, 0.3) is 0 Å². The lowest BCUT2D eigenvalue weighted by atomic mass is 10.2. The maximum absolute atomic E-state index is 12.7. The fourth-order valence-electron chi connectivity index (χ4n) is 1.35. The van der Waals surface area contributed by atoms with Crippen molar-refractivity contribution >= 4 is 0 Å². The van der Waals surface area contributed by atoms with Gasteiger partial charge in [-0.15, -0.1) is 10.2 Å². The predicted octanol–water partition coefficient (Wildman–Crippen LogP) is 1.78. The molecule has 1 aromatic carbocycles. The van der Waals surface area contributed by atoms with E-state index >= 15 is 0 Å². The molecule has 0 aliphatic rings. The molecule has 0 aliphatic carbocycles. The first kappa shape index (κ1) is 11.2. The fourth-order valence-corrected chi connectivity index (χ4v) is 1.35. The number of nitriles is 1. The van der Waals surface area contributed by atoms with E-state index in [2.05, 4.69) is 21.5 Å². The normalized spacial score (nSPS) is 10.1. The van der Waals surface area contributed by atoms with Gasteiger partial charge in [-0.25, -0.2) is 4.39 Å². The number of halogens is 1. The van der Waals surface area contributed by atoms with Gasteiger partial charge >= 0.3 is 0 Å². The van der Waals surface area contributed by atoms with E-state index < -0.39 is 0 Å². The van der Waals surface area contributed by atoms with Crippen molar-refractivity contribution < 1.29 is 4.39 Å². The minimum atomic E-state index is -0.296. The first-order chi connectivity index (χ1) is 8.29. The van der Waals surface area contributed by atoms with E-state index in [1.54, 1.807) is 12.1 Å². The Morgan fingerprint density at radius 1 is 1.29 bits per heavy atom. The number of nitrogens with zero attached hydrogens (tertiary/aromatic N) is 5. The molecule has 5 nitrogen and oxygen atoms in total. The highest BCUT2D eigenvalue weighted by Gasteiger charge is 2.05. The van der Waals surface area contributed by atoms with Gasteiger partial charge in [0.1, 0.15) is 5.82 Å². The van der Waals surface area contributed by atoms with E-state index in [4.69, 9.17) is 5.26 Å². The fraction of sp³-hybridized carbons (Fsp3) is 0.273. The molecule has 0 aliphatic heterocycles. The molecule has 1 heterocycles. The molecule has 0 spiro atoms. The van der Waals surface area contributed by atoms with E-state index in [0.717, 1.165) is 5.56 Å². The lowest BCUT2D eigenvalue weighted by molar-refractivity contribution is 0.504. The maximum atomic E-state index is 12.7. The van der Waals surface area contributed by atoms with Gasteiger partial charge in [0.15, 0.2) is 0 Å². The van der Waals surface area contributed by atoms with Crippen molar-refractivity contribution in [3.63, 3.8) is 0 Å². The molecule has 0 saturated carbocycles. The highest BCUT2D eigenvalue weighted by molar-refractivity contribution is 5.53. The molecule has 2 rings (SSSR count). The monoisotopic (exact) mass is 231 g/mol. The van der Waals surface area contributed by atoms with Crippen molar-refractivity contribution in [2.24, 2.45) is 0 Å². The van der Waals surface area contributed by atoms with Crippen LogP contribution in [0.5, 0.6) is 0 Å². The molecule has 0 bridgehead atoms. The number of unbranched alkanes of at least 4 members (excludes halogenated alkanes) is 1. The van der Waals surface area contributed by atoms with Crippen molar-refractivity contribution in [2.75, 3.05) is 0 Å². The van der Waals surface area contributed by atoms with Gasteiger partial charge in [0, 0.05) is 12.0 Å². The summed E-state index contributed by atoms with van der Waals surface area (Å²) in [4.78, 5) is 1.44. The number of tetrazole rings is 1. The molecule has 2 aromatic rings. The number of hydrogen-bond acceptors (Lipinski definition) is 4. The lowest BCUT2D eigenvalue weighted by Crippen LogP contribution is -2.02. The third-order valence-electron chi connectivity index (χ3n) is 2.20. The average molecular weight is 231 g/mol. The van der Waals surface area contributed by atoms with E-state index in [0.29, 0.717) is 25.2 Å². The maximum Gasteiger partial charge on any atom is 0.204 e. The van der Waals surface area contributed by atoms with Crippen LogP contribution in [-0.4, -0.2) is 20.2 Å².